The van der Waals surface area contributed by atoms with Crippen LogP contribution in [0.3, 0.4) is 0 Å². The number of carbonyl (C=O) groups excluding carboxylic acids is 2. The van der Waals surface area contributed by atoms with Gasteiger partial charge in [-0.15, -0.1) is 0 Å². The molecule has 2 aromatic carbocycles. The van der Waals surface area contributed by atoms with Crippen LogP contribution in [0.4, 0.5) is 11.4 Å². The van der Waals surface area contributed by atoms with Crippen molar-refractivity contribution in [1.82, 2.24) is 5.32 Å². The van der Waals surface area contributed by atoms with Gasteiger partial charge >= 0.3 is 0 Å². The van der Waals surface area contributed by atoms with Crippen LogP contribution in [0, 0.1) is 11.8 Å². The third kappa shape index (κ3) is 6.31. The highest BCUT2D eigenvalue weighted by atomic mass is 16.5. The summed E-state index contributed by atoms with van der Waals surface area (Å²) in [4.78, 5) is 25.4. The minimum Gasteiger partial charge on any atom is -0.494 e. The molecule has 0 bridgehead atoms. The van der Waals surface area contributed by atoms with E-state index in [1.165, 1.54) is 12.8 Å². The first-order chi connectivity index (χ1) is 15.0. The highest BCUT2D eigenvalue weighted by Gasteiger charge is 2.27. The maximum Gasteiger partial charge on any atom is 0.257 e. The second kappa shape index (κ2) is 11.0. The molecular weight excluding hydrogens is 390 g/mol. The number of rotatable bonds is 8. The van der Waals surface area contributed by atoms with E-state index in [0.717, 1.165) is 12.2 Å². The lowest BCUT2D eigenvalue weighted by molar-refractivity contribution is -0.115. The van der Waals surface area contributed by atoms with E-state index in [1.807, 2.05) is 25.1 Å². The number of anilines is 2. The standard InChI is InChI=1S/C25H33N3O3/c1-4-31-20-14-12-19(13-15-20)27-25(30)21-9-5-6-10-23(21)28-24(29)16-26-22-11-7-8-17(2)18(22)3/h5-6,9-10,12-15,17-18,22,26H,4,7-8,11,16H2,1-3H3,(H,27,30)(H,28,29)/t17-,18-,22-/m0/s1. The predicted octanol–water partition coefficient (Wildman–Crippen LogP) is 4.69. The molecule has 0 heterocycles. The van der Waals surface area contributed by atoms with Gasteiger partial charge in [0.25, 0.3) is 5.91 Å². The first-order valence-corrected chi connectivity index (χ1v) is 11.1. The molecule has 1 aliphatic rings. The first-order valence-electron chi connectivity index (χ1n) is 11.1. The zero-order valence-electron chi connectivity index (χ0n) is 18.6. The fourth-order valence-electron chi connectivity index (χ4n) is 4.08. The summed E-state index contributed by atoms with van der Waals surface area (Å²) >= 11 is 0. The van der Waals surface area contributed by atoms with Gasteiger partial charge in [0.15, 0.2) is 0 Å². The lowest BCUT2D eigenvalue weighted by Gasteiger charge is -2.34. The number of benzene rings is 2. The number of nitrogens with one attached hydrogen (secondary N) is 3. The molecule has 0 aliphatic heterocycles. The Morgan fingerprint density at radius 1 is 1.00 bits per heavy atom. The van der Waals surface area contributed by atoms with Crippen LogP contribution < -0.4 is 20.7 Å². The van der Waals surface area contributed by atoms with Crippen LogP contribution in [0.15, 0.2) is 48.5 Å². The van der Waals surface area contributed by atoms with Gasteiger partial charge in [-0.1, -0.05) is 38.8 Å². The van der Waals surface area contributed by atoms with Crippen molar-refractivity contribution in [2.75, 3.05) is 23.8 Å². The Morgan fingerprint density at radius 2 is 1.74 bits per heavy atom. The van der Waals surface area contributed by atoms with E-state index in [1.54, 1.807) is 30.3 Å². The fourth-order valence-corrected chi connectivity index (χ4v) is 4.08. The molecule has 166 valence electrons. The molecule has 0 unspecified atom stereocenters. The highest BCUT2D eigenvalue weighted by Crippen LogP contribution is 2.29. The molecule has 2 aromatic rings. The number of ether oxygens (including phenoxy) is 1. The van der Waals surface area contributed by atoms with Crippen LogP contribution in [-0.4, -0.2) is 31.0 Å². The number of para-hydroxylation sites is 1. The SMILES string of the molecule is CCOc1ccc(NC(=O)c2ccccc2NC(=O)CN[C@H]2CCC[C@H](C)[C@@H]2C)cc1. The summed E-state index contributed by atoms with van der Waals surface area (Å²) in [5.41, 5.74) is 1.59. The molecular formula is C25H33N3O3. The highest BCUT2D eigenvalue weighted by molar-refractivity contribution is 6.10. The summed E-state index contributed by atoms with van der Waals surface area (Å²) in [5.74, 6) is 1.55. The fraction of sp³-hybridized carbons (Fsp3) is 0.440. The van der Waals surface area contributed by atoms with Crippen molar-refractivity contribution >= 4 is 23.2 Å². The first kappa shape index (κ1) is 22.8. The van der Waals surface area contributed by atoms with Gasteiger partial charge in [0.1, 0.15) is 5.75 Å². The summed E-state index contributed by atoms with van der Waals surface area (Å²) in [6.45, 7) is 7.27. The Morgan fingerprint density at radius 3 is 2.48 bits per heavy atom. The van der Waals surface area contributed by atoms with Gasteiger partial charge in [0.05, 0.1) is 24.4 Å². The van der Waals surface area contributed by atoms with E-state index in [9.17, 15) is 9.59 Å². The van der Waals surface area contributed by atoms with E-state index < -0.39 is 0 Å². The third-order valence-electron chi connectivity index (χ3n) is 6.10. The summed E-state index contributed by atoms with van der Waals surface area (Å²) in [7, 11) is 0. The van der Waals surface area contributed by atoms with Gasteiger partial charge in [0, 0.05) is 11.7 Å². The molecule has 1 saturated carbocycles. The van der Waals surface area contributed by atoms with Crippen LogP contribution in [-0.2, 0) is 4.79 Å². The van der Waals surface area contributed by atoms with E-state index in [2.05, 4.69) is 29.8 Å². The Hall–Kier alpha value is -2.86. The molecule has 2 amide bonds. The third-order valence-corrected chi connectivity index (χ3v) is 6.10. The zero-order chi connectivity index (χ0) is 22.2. The molecule has 6 heteroatoms. The van der Waals surface area contributed by atoms with Gasteiger partial charge in [-0.3, -0.25) is 9.59 Å². The Labute approximate surface area is 184 Å². The maximum atomic E-state index is 12.8. The number of hydrogen-bond acceptors (Lipinski definition) is 4. The molecule has 31 heavy (non-hydrogen) atoms. The van der Waals surface area contributed by atoms with Gasteiger partial charge in [-0.05, 0) is 61.6 Å². The van der Waals surface area contributed by atoms with Crippen molar-refractivity contribution in [2.45, 2.75) is 46.1 Å². The van der Waals surface area contributed by atoms with Crippen LogP contribution in [0.25, 0.3) is 0 Å². The van der Waals surface area contributed by atoms with Gasteiger partial charge in [0.2, 0.25) is 5.91 Å². The summed E-state index contributed by atoms with van der Waals surface area (Å²) in [5, 5.41) is 9.16. The monoisotopic (exact) mass is 423 g/mol. The average molecular weight is 424 g/mol. The van der Waals surface area contributed by atoms with Crippen molar-refractivity contribution in [3.63, 3.8) is 0 Å². The number of hydrogen-bond donors (Lipinski definition) is 3. The minimum atomic E-state index is -0.275. The molecule has 6 nitrogen and oxygen atoms in total. The van der Waals surface area contributed by atoms with Crippen molar-refractivity contribution in [3.05, 3.63) is 54.1 Å². The quantitative estimate of drug-likeness (QED) is 0.575. The molecule has 0 spiro atoms. The summed E-state index contributed by atoms with van der Waals surface area (Å²) in [6, 6.07) is 14.6. The molecule has 3 atom stereocenters. The van der Waals surface area contributed by atoms with Crippen molar-refractivity contribution in [1.29, 1.82) is 0 Å². The molecule has 1 aliphatic carbocycles. The van der Waals surface area contributed by atoms with Crippen molar-refractivity contribution < 1.29 is 14.3 Å². The maximum absolute atomic E-state index is 12.8. The minimum absolute atomic E-state index is 0.147. The predicted molar refractivity (Wildman–Crippen MR) is 125 cm³/mol. The normalized spacial score (nSPS) is 20.7. The molecule has 3 N–H and O–H groups in total. The summed E-state index contributed by atoms with van der Waals surface area (Å²) < 4.78 is 5.43. The van der Waals surface area contributed by atoms with Crippen molar-refractivity contribution in [2.24, 2.45) is 11.8 Å². The average Bonchev–Trinajstić information content (AvgIpc) is 2.76. The van der Waals surface area contributed by atoms with Crippen LogP contribution in [0.5, 0.6) is 5.75 Å². The second-order valence-electron chi connectivity index (χ2n) is 8.26. The van der Waals surface area contributed by atoms with Crippen molar-refractivity contribution in [3.8, 4) is 5.75 Å². The van der Waals surface area contributed by atoms with Gasteiger partial charge in [-0.2, -0.15) is 0 Å². The molecule has 1 fully saturated rings. The Kier molecular flexibility index (Phi) is 8.06. The van der Waals surface area contributed by atoms with E-state index in [-0.39, 0.29) is 18.4 Å². The number of carbonyl (C=O) groups is 2. The second-order valence-corrected chi connectivity index (χ2v) is 8.26. The van der Waals surface area contributed by atoms with E-state index >= 15 is 0 Å². The molecule has 0 saturated heterocycles. The topological polar surface area (TPSA) is 79.5 Å². The van der Waals surface area contributed by atoms with Gasteiger partial charge in [-0.25, -0.2) is 0 Å². The van der Waals surface area contributed by atoms with Crippen LogP contribution in [0.2, 0.25) is 0 Å². The lowest BCUT2D eigenvalue weighted by atomic mass is 9.78. The number of amides is 2. The zero-order valence-corrected chi connectivity index (χ0v) is 18.6. The summed E-state index contributed by atoms with van der Waals surface area (Å²) in [6.07, 6.45) is 3.54. The molecule has 3 rings (SSSR count). The smallest absolute Gasteiger partial charge is 0.257 e. The van der Waals surface area contributed by atoms with E-state index in [0.29, 0.717) is 41.4 Å². The van der Waals surface area contributed by atoms with E-state index in [4.69, 9.17) is 4.74 Å². The lowest BCUT2D eigenvalue weighted by Crippen LogP contribution is -2.43. The Bertz CT molecular complexity index is 882. The Balaban J connectivity index is 1.59. The molecule has 0 aromatic heterocycles. The largest absolute Gasteiger partial charge is 0.494 e. The molecule has 0 radical (unpaired) electrons. The van der Waals surface area contributed by atoms with Crippen LogP contribution in [0.1, 0.15) is 50.4 Å². The van der Waals surface area contributed by atoms with Gasteiger partial charge < -0.3 is 20.7 Å². The van der Waals surface area contributed by atoms with Crippen LogP contribution >= 0.6 is 0 Å².